The van der Waals surface area contributed by atoms with Gasteiger partial charge in [-0.25, -0.2) is 4.98 Å². The standard InChI is InChI=1S/C33H45N5O/c1-25(2)14-20-37(21-15-26(3)4)33(39)29-12-13-30-31(23-29)38(19-9-18-36-16-6-5-7-17-36)32(35-30)28-11-8-10-27(22-28)24-34/h8,10-13,22-23,25-26H,5-7,9,14-21H2,1-4H3. The van der Waals surface area contributed by atoms with Crippen LogP contribution in [0.1, 0.15) is 82.1 Å². The van der Waals surface area contributed by atoms with Gasteiger partial charge in [0.1, 0.15) is 5.82 Å². The fraction of sp³-hybridized carbons (Fsp3) is 0.545. The fourth-order valence-corrected chi connectivity index (χ4v) is 5.39. The summed E-state index contributed by atoms with van der Waals surface area (Å²) >= 11 is 0. The van der Waals surface area contributed by atoms with Crippen molar-refractivity contribution in [2.75, 3.05) is 32.7 Å². The van der Waals surface area contributed by atoms with Crippen LogP contribution in [0.3, 0.4) is 0 Å². The number of benzene rings is 2. The molecule has 0 N–H and O–H groups in total. The Morgan fingerprint density at radius 2 is 1.69 bits per heavy atom. The van der Waals surface area contributed by atoms with Gasteiger partial charge in [-0.05, 0) is 93.9 Å². The Balaban J connectivity index is 1.66. The van der Waals surface area contributed by atoms with Crippen LogP contribution in [0.15, 0.2) is 42.5 Å². The van der Waals surface area contributed by atoms with E-state index >= 15 is 0 Å². The zero-order chi connectivity index (χ0) is 27.8. The van der Waals surface area contributed by atoms with Gasteiger partial charge in [0.05, 0.1) is 22.7 Å². The van der Waals surface area contributed by atoms with Crippen molar-refractivity contribution < 1.29 is 4.79 Å². The number of likely N-dealkylation sites (tertiary alicyclic amines) is 1. The highest BCUT2D eigenvalue weighted by atomic mass is 16.2. The van der Waals surface area contributed by atoms with Crippen LogP contribution < -0.4 is 0 Å². The molecule has 1 aliphatic heterocycles. The number of amides is 1. The van der Waals surface area contributed by atoms with Crippen molar-refractivity contribution in [2.45, 2.75) is 72.8 Å². The molecular weight excluding hydrogens is 482 g/mol. The summed E-state index contributed by atoms with van der Waals surface area (Å²) in [7, 11) is 0. The number of aromatic nitrogens is 2. The summed E-state index contributed by atoms with van der Waals surface area (Å²) in [6.45, 7) is 14.7. The van der Waals surface area contributed by atoms with Crippen LogP contribution in [0, 0.1) is 23.2 Å². The van der Waals surface area contributed by atoms with Gasteiger partial charge in [0, 0.05) is 30.8 Å². The minimum atomic E-state index is 0.104. The molecule has 0 atom stereocenters. The maximum Gasteiger partial charge on any atom is 0.253 e. The number of aryl methyl sites for hydroxylation is 1. The van der Waals surface area contributed by atoms with Crippen molar-refractivity contribution in [1.29, 1.82) is 5.26 Å². The van der Waals surface area contributed by atoms with Gasteiger partial charge < -0.3 is 14.4 Å². The normalized spacial score (nSPS) is 14.3. The monoisotopic (exact) mass is 527 g/mol. The first-order valence-electron chi connectivity index (χ1n) is 14.9. The Hall–Kier alpha value is -3.17. The van der Waals surface area contributed by atoms with E-state index in [-0.39, 0.29) is 5.91 Å². The molecule has 6 nitrogen and oxygen atoms in total. The number of nitriles is 1. The fourth-order valence-electron chi connectivity index (χ4n) is 5.39. The molecule has 1 amide bonds. The van der Waals surface area contributed by atoms with Crippen LogP contribution in [-0.4, -0.2) is 58.0 Å². The molecule has 1 saturated heterocycles. The molecule has 2 heterocycles. The topological polar surface area (TPSA) is 65.2 Å². The number of rotatable bonds is 12. The lowest BCUT2D eigenvalue weighted by molar-refractivity contribution is 0.0741. The number of carbonyl (C=O) groups excluding carboxylic acids is 1. The van der Waals surface area contributed by atoms with E-state index in [9.17, 15) is 10.1 Å². The molecule has 6 heteroatoms. The summed E-state index contributed by atoms with van der Waals surface area (Å²) in [5, 5.41) is 9.48. The van der Waals surface area contributed by atoms with Gasteiger partial charge >= 0.3 is 0 Å². The second kappa shape index (κ2) is 13.8. The van der Waals surface area contributed by atoms with Gasteiger partial charge in [0.2, 0.25) is 0 Å². The van der Waals surface area contributed by atoms with E-state index in [1.165, 1.54) is 32.4 Å². The predicted octanol–water partition coefficient (Wildman–Crippen LogP) is 6.99. The third-order valence-corrected chi connectivity index (χ3v) is 7.79. The zero-order valence-corrected chi connectivity index (χ0v) is 24.3. The largest absolute Gasteiger partial charge is 0.339 e. The molecule has 2 aromatic carbocycles. The molecule has 1 aliphatic rings. The van der Waals surface area contributed by atoms with Crippen LogP contribution in [0.25, 0.3) is 22.4 Å². The van der Waals surface area contributed by atoms with Gasteiger partial charge in [0.25, 0.3) is 5.91 Å². The first-order valence-corrected chi connectivity index (χ1v) is 14.9. The Morgan fingerprint density at radius 1 is 0.974 bits per heavy atom. The smallest absolute Gasteiger partial charge is 0.253 e. The van der Waals surface area contributed by atoms with Gasteiger partial charge in [-0.1, -0.05) is 46.2 Å². The first-order chi connectivity index (χ1) is 18.9. The molecule has 1 fully saturated rings. The van der Waals surface area contributed by atoms with Crippen molar-refractivity contribution in [1.82, 2.24) is 19.4 Å². The number of carbonyl (C=O) groups is 1. The molecule has 0 spiro atoms. The zero-order valence-electron chi connectivity index (χ0n) is 24.3. The van der Waals surface area contributed by atoms with Gasteiger partial charge in [-0.3, -0.25) is 4.79 Å². The summed E-state index contributed by atoms with van der Waals surface area (Å²) in [6.07, 6.45) is 6.93. The van der Waals surface area contributed by atoms with Gasteiger partial charge in [0.15, 0.2) is 0 Å². The van der Waals surface area contributed by atoms with Crippen molar-refractivity contribution in [3.05, 3.63) is 53.6 Å². The number of fused-ring (bicyclic) bond motifs is 1. The van der Waals surface area contributed by atoms with Crippen molar-refractivity contribution >= 4 is 16.9 Å². The van der Waals surface area contributed by atoms with E-state index in [0.29, 0.717) is 17.4 Å². The Labute approximate surface area is 234 Å². The molecule has 1 aromatic heterocycles. The highest BCUT2D eigenvalue weighted by molar-refractivity contribution is 5.98. The third kappa shape index (κ3) is 7.70. The molecule has 0 aliphatic carbocycles. The lowest BCUT2D eigenvalue weighted by Crippen LogP contribution is -2.34. The van der Waals surface area contributed by atoms with E-state index in [1.54, 1.807) is 0 Å². The maximum absolute atomic E-state index is 13.8. The van der Waals surface area contributed by atoms with Gasteiger partial charge in [-0.15, -0.1) is 0 Å². The second-order valence-corrected chi connectivity index (χ2v) is 11.9. The number of hydrogen-bond acceptors (Lipinski definition) is 4. The minimum absolute atomic E-state index is 0.104. The minimum Gasteiger partial charge on any atom is -0.339 e. The summed E-state index contributed by atoms with van der Waals surface area (Å²) < 4.78 is 2.26. The van der Waals surface area contributed by atoms with Gasteiger partial charge in [-0.2, -0.15) is 5.26 Å². The van der Waals surface area contributed by atoms with E-state index in [4.69, 9.17) is 4.98 Å². The molecule has 0 saturated carbocycles. The molecular formula is C33H45N5O. The predicted molar refractivity (Wildman–Crippen MR) is 160 cm³/mol. The molecule has 3 aromatic rings. The summed E-state index contributed by atoms with van der Waals surface area (Å²) in [5.74, 6) is 2.07. The lowest BCUT2D eigenvalue weighted by Gasteiger charge is -2.26. The van der Waals surface area contributed by atoms with E-state index in [2.05, 4.69) is 43.2 Å². The SMILES string of the molecule is CC(C)CCN(CCC(C)C)C(=O)c1ccc2nc(-c3cccc(C#N)c3)n(CCCN3CCCCC3)c2c1. The second-order valence-electron chi connectivity index (χ2n) is 11.9. The first kappa shape index (κ1) is 28.8. The molecule has 4 rings (SSSR count). The van der Waals surface area contributed by atoms with Crippen LogP contribution in [0.5, 0.6) is 0 Å². The molecule has 208 valence electrons. The highest BCUT2D eigenvalue weighted by Gasteiger charge is 2.20. The Morgan fingerprint density at radius 3 is 2.36 bits per heavy atom. The van der Waals surface area contributed by atoms with Crippen molar-refractivity contribution in [2.24, 2.45) is 11.8 Å². The van der Waals surface area contributed by atoms with Crippen molar-refractivity contribution in [3.8, 4) is 17.5 Å². The Kier molecular flexibility index (Phi) is 10.2. The summed E-state index contributed by atoms with van der Waals surface area (Å²) in [5.41, 5.74) is 4.17. The highest BCUT2D eigenvalue weighted by Crippen LogP contribution is 2.27. The molecule has 0 unspecified atom stereocenters. The lowest BCUT2D eigenvalue weighted by atomic mass is 10.1. The average molecular weight is 528 g/mol. The van der Waals surface area contributed by atoms with Crippen LogP contribution in [-0.2, 0) is 6.54 Å². The summed E-state index contributed by atoms with van der Waals surface area (Å²) in [6, 6.07) is 15.9. The summed E-state index contributed by atoms with van der Waals surface area (Å²) in [4.78, 5) is 23.4. The maximum atomic E-state index is 13.8. The number of piperidine rings is 1. The number of hydrogen-bond donors (Lipinski definition) is 0. The Bertz CT molecular complexity index is 1270. The van der Waals surface area contributed by atoms with Crippen LogP contribution in [0.4, 0.5) is 0 Å². The van der Waals surface area contributed by atoms with E-state index in [0.717, 1.165) is 73.4 Å². The van der Waals surface area contributed by atoms with E-state index in [1.807, 2.05) is 47.4 Å². The molecule has 0 radical (unpaired) electrons. The van der Waals surface area contributed by atoms with Crippen LogP contribution >= 0.6 is 0 Å². The quantitative estimate of drug-likeness (QED) is 0.255. The van der Waals surface area contributed by atoms with Crippen LogP contribution in [0.2, 0.25) is 0 Å². The average Bonchev–Trinajstić information content (AvgIpc) is 3.31. The number of imidazole rings is 1. The van der Waals surface area contributed by atoms with E-state index < -0.39 is 0 Å². The molecule has 39 heavy (non-hydrogen) atoms. The van der Waals surface area contributed by atoms with Crippen molar-refractivity contribution in [3.63, 3.8) is 0 Å². The number of nitrogens with zero attached hydrogens (tertiary/aromatic N) is 5. The molecule has 0 bridgehead atoms. The third-order valence-electron chi connectivity index (χ3n) is 7.79.